The van der Waals surface area contributed by atoms with Gasteiger partial charge in [-0.25, -0.2) is 4.39 Å². The van der Waals surface area contributed by atoms with Gasteiger partial charge in [-0.3, -0.25) is 0 Å². The first-order valence-corrected chi connectivity index (χ1v) is 6.74. The van der Waals surface area contributed by atoms with E-state index in [9.17, 15) is 4.39 Å². The van der Waals surface area contributed by atoms with Gasteiger partial charge in [-0.05, 0) is 42.3 Å². The zero-order valence-corrected chi connectivity index (χ0v) is 12.0. The van der Waals surface area contributed by atoms with Crippen molar-refractivity contribution in [1.82, 2.24) is 5.32 Å². The highest BCUT2D eigenvalue weighted by Crippen LogP contribution is 2.26. The molecule has 1 nitrogen and oxygen atoms in total. The lowest BCUT2D eigenvalue weighted by molar-refractivity contribution is 0.569. The van der Waals surface area contributed by atoms with E-state index in [1.807, 2.05) is 25.1 Å². The van der Waals surface area contributed by atoms with Crippen molar-refractivity contribution in [3.05, 3.63) is 69.5 Å². The van der Waals surface area contributed by atoms with Crippen molar-refractivity contribution in [3.63, 3.8) is 0 Å². The second-order valence-electron chi connectivity index (χ2n) is 4.40. The zero-order valence-electron chi connectivity index (χ0n) is 10.5. The monoisotopic (exact) mass is 297 g/mol. The molecule has 0 aliphatic heterocycles. The van der Waals surface area contributed by atoms with Gasteiger partial charge in [-0.1, -0.05) is 41.4 Å². The fraction of sp³-hybridized carbons (Fsp3) is 0.200. The average Bonchev–Trinajstić information content (AvgIpc) is 2.36. The molecule has 19 heavy (non-hydrogen) atoms. The van der Waals surface area contributed by atoms with Crippen LogP contribution in [0.4, 0.5) is 4.39 Å². The Morgan fingerprint density at radius 1 is 1.16 bits per heavy atom. The quantitative estimate of drug-likeness (QED) is 0.839. The Balaban J connectivity index is 2.03. The first kappa shape index (κ1) is 14.3. The van der Waals surface area contributed by atoms with Gasteiger partial charge < -0.3 is 5.32 Å². The molecule has 0 amide bonds. The van der Waals surface area contributed by atoms with Crippen LogP contribution in [0.15, 0.2) is 42.5 Å². The molecular weight excluding hydrogens is 284 g/mol. The second kappa shape index (κ2) is 6.38. The van der Waals surface area contributed by atoms with Crippen molar-refractivity contribution in [1.29, 1.82) is 0 Å². The number of rotatable bonds is 4. The van der Waals surface area contributed by atoms with Gasteiger partial charge in [0.25, 0.3) is 0 Å². The predicted octanol–water partition coefficient (Wildman–Crippen LogP) is 4.98. The highest BCUT2D eigenvalue weighted by molar-refractivity contribution is 6.35. The molecule has 0 heterocycles. The zero-order chi connectivity index (χ0) is 13.8. The molecule has 1 atom stereocenters. The summed E-state index contributed by atoms with van der Waals surface area (Å²) < 4.78 is 13.1. The second-order valence-corrected chi connectivity index (χ2v) is 5.24. The third-order valence-electron chi connectivity index (χ3n) is 2.93. The van der Waals surface area contributed by atoms with Gasteiger partial charge in [0.05, 0.1) is 0 Å². The third-order valence-corrected chi connectivity index (χ3v) is 3.49. The summed E-state index contributed by atoms with van der Waals surface area (Å²) in [5.41, 5.74) is 1.87. The largest absolute Gasteiger partial charge is 0.306 e. The van der Waals surface area contributed by atoms with Gasteiger partial charge in [0.2, 0.25) is 0 Å². The summed E-state index contributed by atoms with van der Waals surface area (Å²) >= 11 is 12.0. The summed E-state index contributed by atoms with van der Waals surface area (Å²) in [6.45, 7) is 2.59. The maximum Gasteiger partial charge on any atom is 0.123 e. The van der Waals surface area contributed by atoms with E-state index in [0.717, 1.165) is 11.1 Å². The highest BCUT2D eigenvalue weighted by Gasteiger charge is 2.09. The molecule has 0 aromatic heterocycles. The standard InChI is InChI=1S/C15H14Cl2FN/c1-10(14-6-5-12(16)8-15(14)17)19-9-11-3-2-4-13(18)7-11/h2-8,10,19H,9H2,1H3. The molecule has 2 aromatic carbocycles. The molecule has 0 radical (unpaired) electrons. The minimum Gasteiger partial charge on any atom is -0.306 e. The molecule has 0 aliphatic carbocycles. The summed E-state index contributed by atoms with van der Waals surface area (Å²) in [5, 5.41) is 4.56. The normalized spacial score (nSPS) is 12.4. The number of hydrogen-bond acceptors (Lipinski definition) is 1. The first-order valence-electron chi connectivity index (χ1n) is 5.99. The van der Waals surface area contributed by atoms with E-state index in [2.05, 4.69) is 5.32 Å². The molecule has 0 saturated carbocycles. The molecule has 100 valence electrons. The molecule has 0 aliphatic rings. The van der Waals surface area contributed by atoms with E-state index in [1.165, 1.54) is 12.1 Å². The Morgan fingerprint density at radius 3 is 2.63 bits per heavy atom. The summed E-state index contributed by atoms with van der Waals surface area (Å²) in [6.07, 6.45) is 0. The fourth-order valence-corrected chi connectivity index (χ4v) is 2.45. The summed E-state index contributed by atoms with van der Waals surface area (Å²) in [6, 6.07) is 12.0. The third kappa shape index (κ3) is 3.93. The van der Waals surface area contributed by atoms with Gasteiger partial charge >= 0.3 is 0 Å². The van der Waals surface area contributed by atoms with Crippen LogP contribution in [0.5, 0.6) is 0 Å². The smallest absolute Gasteiger partial charge is 0.123 e. The van der Waals surface area contributed by atoms with E-state index in [1.54, 1.807) is 12.1 Å². The lowest BCUT2D eigenvalue weighted by Crippen LogP contribution is -2.18. The van der Waals surface area contributed by atoms with Crippen LogP contribution in [0.25, 0.3) is 0 Å². The van der Waals surface area contributed by atoms with Gasteiger partial charge in [0.1, 0.15) is 5.82 Å². The van der Waals surface area contributed by atoms with Crippen LogP contribution in [0, 0.1) is 5.82 Å². The van der Waals surface area contributed by atoms with Crippen molar-refractivity contribution in [2.24, 2.45) is 0 Å². The lowest BCUT2D eigenvalue weighted by atomic mass is 10.1. The van der Waals surface area contributed by atoms with Gasteiger partial charge in [-0.2, -0.15) is 0 Å². The van der Waals surface area contributed by atoms with Crippen LogP contribution >= 0.6 is 23.2 Å². The Hall–Kier alpha value is -1.09. The molecule has 0 bridgehead atoms. The molecular formula is C15H14Cl2FN. The first-order chi connectivity index (χ1) is 9.06. The molecule has 1 unspecified atom stereocenters. The SMILES string of the molecule is CC(NCc1cccc(F)c1)c1ccc(Cl)cc1Cl. The molecule has 0 fully saturated rings. The number of benzene rings is 2. The minimum absolute atomic E-state index is 0.0630. The molecule has 0 spiro atoms. The van der Waals surface area contributed by atoms with Crippen LogP contribution in [-0.4, -0.2) is 0 Å². The molecule has 4 heteroatoms. The maximum absolute atomic E-state index is 13.1. The van der Waals surface area contributed by atoms with E-state index in [-0.39, 0.29) is 11.9 Å². The van der Waals surface area contributed by atoms with E-state index in [0.29, 0.717) is 16.6 Å². The molecule has 2 rings (SSSR count). The molecule has 1 N–H and O–H groups in total. The number of hydrogen-bond donors (Lipinski definition) is 1. The molecule has 0 saturated heterocycles. The highest BCUT2D eigenvalue weighted by atomic mass is 35.5. The van der Waals surface area contributed by atoms with E-state index >= 15 is 0 Å². The summed E-state index contributed by atoms with van der Waals surface area (Å²) in [4.78, 5) is 0. The van der Waals surface area contributed by atoms with Crippen molar-refractivity contribution in [3.8, 4) is 0 Å². The Bertz CT molecular complexity index is 572. The van der Waals surface area contributed by atoms with Crippen LogP contribution in [0.3, 0.4) is 0 Å². The Morgan fingerprint density at radius 2 is 1.95 bits per heavy atom. The fourth-order valence-electron chi connectivity index (χ4n) is 1.88. The van der Waals surface area contributed by atoms with Crippen molar-refractivity contribution in [2.75, 3.05) is 0 Å². The van der Waals surface area contributed by atoms with Crippen molar-refractivity contribution in [2.45, 2.75) is 19.5 Å². The average molecular weight is 298 g/mol. The van der Waals surface area contributed by atoms with Crippen LogP contribution in [-0.2, 0) is 6.54 Å². The maximum atomic E-state index is 13.1. The van der Waals surface area contributed by atoms with Gasteiger partial charge in [0.15, 0.2) is 0 Å². The summed E-state index contributed by atoms with van der Waals surface area (Å²) in [7, 11) is 0. The van der Waals surface area contributed by atoms with Gasteiger partial charge in [-0.15, -0.1) is 0 Å². The van der Waals surface area contributed by atoms with Gasteiger partial charge in [0, 0.05) is 22.6 Å². The topological polar surface area (TPSA) is 12.0 Å². The Labute approximate surface area is 122 Å². The van der Waals surface area contributed by atoms with Crippen molar-refractivity contribution >= 4 is 23.2 Å². The number of nitrogens with one attached hydrogen (secondary N) is 1. The number of halogens is 3. The van der Waals surface area contributed by atoms with Crippen LogP contribution in [0.1, 0.15) is 24.1 Å². The Kier molecular flexibility index (Phi) is 4.81. The van der Waals surface area contributed by atoms with E-state index in [4.69, 9.17) is 23.2 Å². The molecule has 2 aromatic rings. The summed E-state index contributed by atoms with van der Waals surface area (Å²) in [5.74, 6) is -0.225. The van der Waals surface area contributed by atoms with Crippen molar-refractivity contribution < 1.29 is 4.39 Å². The van der Waals surface area contributed by atoms with Crippen LogP contribution < -0.4 is 5.32 Å². The minimum atomic E-state index is -0.225. The predicted molar refractivity (Wildman–Crippen MR) is 78.1 cm³/mol. The van der Waals surface area contributed by atoms with E-state index < -0.39 is 0 Å². The lowest BCUT2D eigenvalue weighted by Gasteiger charge is -2.16. The van der Waals surface area contributed by atoms with Crippen LogP contribution in [0.2, 0.25) is 10.0 Å².